The molecular weight excluding hydrogens is 178 g/mol. The Labute approximate surface area is 85.8 Å². The molecule has 1 saturated carbocycles. The Balaban J connectivity index is 2.28. The predicted octanol–water partition coefficient (Wildman–Crippen LogP) is -0.208. The Morgan fingerprint density at radius 1 is 1.57 bits per heavy atom. The normalized spacial score (nSPS) is 20.6. The number of likely N-dealkylation sites (N-methyl/N-ethyl adjacent to an activating group) is 1. The number of amides is 1. The minimum absolute atomic E-state index is 0.133. The van der Waals surface area contributed by atoms with Gasteiger partial charge in [0, 0.05) is 19.1 Å². The van der Waals surface area contributed by atoms with Gasteiger partial charge in [-0.15, -0.1) is 0 Å². The monoisotopic (exact) mass is 199 g/mol. The van der Waals surface area contributed by atoms with Crippen molar-refractivity contribution >= 4 is 5.91 Å². The van der Waals surface area contributed by atoms with Gasteiger partial charge in [-0.05, 0) is 33.9 Å². The number of hydrogen-bond acceptors (Lipinski definition) is 3. The van der Waals surface area contributed by atoms with Gasteiger partial charge in [-0.25, -0.2) is 0 Å². The maximum atomic E-state index is 11.7. The maximum absolute atomic E-state index is 11.7. The molecule has 0 aromatic rings. The zero-order chi connectivity index (χ0) is 10.8. The van der Waals surface area contributed by atoms with Gasteiger partial charge in [-0.2, -0.15) is 0 Å². The fraction of sp³-hybridized carbons (Fsp3) is 0.900. The first-order chi connectivity index (χ1) is 6.52. The van der Waals surface area contributed by atoms with Gasteiger partial charge in [0.05, 0.1) is 5.41 Å². The van der Waals surface area contributed by atoms with Crippen molar-refractivity contribution in [2.75, 3.05) is 27.2 Å². The van der Waals surface area contributed by atoms with E-state index < -0.39 is 0 Å². The number of carbonyl (C=O) groups is 1. The Morgan fingerprint density at radius 3 is 2.50 bits per heavy atom. The van der Waals surface area contributed by atoms with Gasteiger partial charge in [0.15, 0.2) is 0 Å². The topological polar surface area (TPSA) is 58.4 Å². The second-order valence-corrected chi connectivity index (χ2v) is 4.51. The van der Waals surface area contributed by atoms with Gasteiger partial charge >= 0.3 is 0 Å². The summed E-state index contributed by atoms with van der Waals surface area (Å²) in [7, 11) is 4.01. The summed E-state index contributed by atoms with van der Waals surface area (Å²) in [5, 5.41) is 2.96. The van der Waals surface area contributed by atoms with E-state index >= 15 is 0 Å². The van der Waals surface area contributed by atoms with E-state index in [9.17, 15) is 4.79 Å². The molecule has 1 rings (SSSR count). The lowest BCUT2D eigenvalue weighted by molar-refractivity contribution is -0.126. The number of rotatable bonds is 5. The van der Waals surface area contributed by atoms with Crippen LogP contribution in [0.5, 0.6) is 0 Å². The molecule has 0 heterocycles. The first-order valence-electron chi connectivity index (χ1n) is 5.16. The van der Waals surface area contributed by atoms with Crippen LogP contribution in [0, 0.1) is 5.41 Å². The molecule has 0 saturated heterocycles. The Kier molecular flexibility index (Phi) is 3.50. The van der Waals surface area contributed by atoms with E-state index in [0.717, 1.165) is 12.8 Å². The van der Waals surface area contributed by atoms with E-state index in [1.54, 1.807) is 0 Å². The first kappa shape index (κ1) is 11.5. The van der Waals surface area contributed by atoms with Crippen LogP contribution in [0.1, 0.15) is 19.8 Å². The Bertz CT molecular complexity index is 211. The van der Waals surface area contributed by atoms with Crippen LogP contribution in [0.15, 0.2) is 0 Å². The Morgan fingerprint density at radius 2 is 2.14 bits per heavy atom. The lowest BCUT2D eigenvalue weighted by atomic mass is 10.1. The van der Waals surface area contributed by atoms with E-state index in [4.69, 9.17) is 5.73 Å². The van der Waals surface area contributed by atoms with Crippen LogP contribution in [-0.4, -0.2) is 44.0 Å². The molecule has 0 bridgehead atoms. The fourth-order valence-electron chi connectivity index (χ4n) is 1.29. The maximum Gasteiger partial charge on any atom is 0.227 e. The molecule has 1 fully saturated rings. The highest BCUT2D eigenvalue weighted by molar-refractivity contribution is 5.85. The fourth-order valence-corrected chi connectivity index (χ4v) is 1.29. The molecule has 4 heteroatoms. The van der Waals surface area contributed by atoms with Crippen LogP contribution < -0.4 is 11.1 Å². The standard InChI is InChI=1S/C10H21N3O/c1-8(13(2)3)6-12-9(14)10(7-11)4-5-10/h8H,4-7,11H2,1-3H3,(H,12,14). The molecule has 3 N–H and O–H groups in total. The average molecular weight is 199 g/mol. The molecule has 14 heavy (non-hydrogen) atoms. The van der Waals surface area contributed by atoms with Gasteiger partial charge in [0.25, 0.3) is 0 Å². The van der Waals surface area contributed by atoms with Gasteiger partial charge in [0.2, 0.25) is 5.91 Å². The summed E-state index contributed by atoms with van der Waals surface area (Å²) in [6, 6.07) is 0.368. The lowest BCUT2D eigenvalue weighted by Gasteiger charge is -2.21. The van der Waals surface area contributed by atoms with Crippen molar-refractivity contribution in [1.29, 1.82) is 0 Å². The molecule has 1 unspecified atom stereocenters. The van der Waals surface area contributed by atoms with E-state index in [1.807, 2.05) is 14.1 Å². The van der Waals surface area contributed by atoms with Crippen LogP contribution in [0.3, 0.4) is 0 Å². The molecule has 1 aliphatic rings. The van der Waals surface area contributed by atoms with Crippen molar-refractivity contribution < 1.29 is 4.79 Å². The van der Waals surface area contributed by atoms with Crippen LogP contribution in [0.4, 0.5) is 0 Å². The third-order valence-corrected chi connectivity index (χ3v) is 3.17. The van der Waals surface area contributed by atoms with E-state index in [2.05, 4.69) is 17.1 Å². The van der Waals surface area contributed by atoms with Gasteiger partial charge in [-0.1, -0.05) is 0 Å². The number of nitrogens with one attached hydrogen (secondary N) is 1. The van der Waals surface area contributed by atoms with Crippen molar-refractivity contribution in [3.63, 3.8) is 0 Å². The Hall–Kier alpha value is -0.610. The third-order valence-electron chi connectivity index (χ3n) is 3.17. The molecule has 4 nitrogen and oxygen atoms in total. The SMILES string of the molecule is CC(CNC(=O)C1(CN)CC1)N(C)C. The molecule has 0 aliphatic heterocycles. The summed E-state index contributed by atoms with van der Waals surface area (Å²) in [6.07, 6.45) is 1.90. The van der Waals surface area contributed by atoms with Crippen molar-refractivity contribution in [1.82, 2.24) is 10.2 Å². The van der Waals surface area contributed by atoms with Crippen LogP contribution in [0.25, 0.3) is 0 Å². The molecule has 1 atom stereocenters. The minimum Gasteiger partial charge on any atom is -0.354 e. The van der Waals surface area contributed by atoms with E-state index in [-0.39, 0.29) is 11.3 Å². The summed E-state index contributed by atoms with van der Waals surface area (Å²) in [4.78, 5) is 13.8. The third kappa shape index (κ3) is 2.45. The molecule has 82 valence electrons. The van der Waals surface area contributed by atoms with Gasteiger partial charge in [-0.3, -0.25) is 4.79 Å². The summed E-state index contributed by atoms with van der Waals surface area (Å²) in [6.45, 7) is 3.27. The largest absolute Gasteiger partial charge is 0.354 e. The zero-order valence-corrected chi connectivity index (χ0v) is 9.34. The van der Waals surface area contributed by atoms with E-state index in [0.29, 0.717) is 19.1 Å². The second-order valence-electron chi connectivity index (χ2n) is 4.51. The summed E-state index contributed by atoms with van der Waals surface area (Å²) >= 11 is 0. The van der Waals surface area contributed by atoms with Gasteiger partial charge < -0.3 is 16.0 Å². The molecule has 0 aromatic heterocycles. The molecular formula is C10H21N3O. The average Bonchev–Trinajstić information content (AvgIpc) is 2.93. The molecule has 0 radical (unpaired) electrons. The van der Waals surface area contributed by atoms with Crippen molar-refractivity contribution in [2.45, 2.75) is 25.8 Å². The first-order valence-corrected chi connectivity index (χ1v) is 5.16. The highest BCUT2D eigenvalue weighted by atomic mass is 16.2. The van der Waals surface area contributed by atoms with Crippen LogP contribution in [-0.2, 0) is 4.79 Å². The summed E-state index contributed by atoms with van der Waals surface area (Å²) in [5.41, 5.74) is 5.35. The number of carbonyl (C=O) groups excluding carboxylic acids is 1. The predicted molar refractivity (Wildman–Crippen MR) is 56.9 cm³/mol. The number of nitrogens with zero attached hydrogens (tertiary/aromatic N) is 1. The van der Waals surface area contributed by atoms with Crippen molar-refractivity contribution in [3.05, 3.63) is 0 Å². The minimum atomic E-state index is -0.216. The second kappa shape index (κ2) is 4.28. The quantitative estimate of drug-likeness (QED) is 0.644. The molecule has 0 spiro atoms. The summed E-state index contributed by atoms with van der Waals surface area (Å²) < 4.78 is 0. The van der Waals surface area contributed by atoms with Gasteiger partial charge in [0.1, 0.15) is 0 Å². The number of hydrogen-bond donors (Lipinski definition) is 2. The highest BCUT2D eigenvalue weighted by Crippen LogP contribution is 2.44. The smallest absolute Gasteiger partial charge is 0.227 e. The summed E-state index contributed by atoms with van der Waals surface area (Å²) in [5.74, 6) is 0.133. The van der Waals surface area contributed by atoms with Crippen molar-refractivity contribution in [2.24, 2.45) is 11.1 Å². The molecule has 1 aliphatic carbocycles. The van der Waals surface area contributed by atoms with Crippen molar-refractivity contribution in [3.8, 4) is 0 Å². The lowest BCUT2D eigenvalue weighted by Crippen LogP contribution is -2.43. The molecule has 1 amide bonds. The van der Waals surface area contributed by atoms with E-state index in [1.165, 1.54) is 0 Å². The van der Waals surface area contributed by atoms with Crippen LogP contribution >= 0.6 is 0 Å². The zero-order valence-electron chi connectivity index (χ0n) is 9.34. The van der Waals surface area contributed by atoms with Crippen LogP contribution in [0.2, 0.25) is 0 Å². The molecule has 0 aromatic carbocycles. The highest BCUT2D eigenvalue weighted by Gasteiger charge is 2.48. The number of nitrogens with two attached hydrogens (primary N) is 1.